The largest absolute Gasteiger partial charge is 0.454 e. The predicted octanol–water partition coefficient (Wildman–Crippen LogP) is 9.92. The van der Waals surface area contributed by atoms with Crippen LogP contribution in [0.2, 0.25) is 20.1 Å². The van der Waals surface area contributed by atoms with E-state index in [-0.39, 0.29) is 58.0 Å². The highest BCUT2D eigenvalue weighted by Crippen LogP contribution is 2.53. The van der Waals surface area contributed by atoms with E-state index in [0.717, 1.165) is 0 Å². The van der Waals surface area contributed by atoms with E-state index in [1.165, 1.54) is 6.92 Å². The topological polar surface area (TPSA) is 67.5 Å². The lowest BCUT2D eigenvalue weighted by atomic mass is 9.89. The van der Waals surface area contributed by atoms with Crippen molar-refractivity contribution >= 4 is 127 Å². The van der Waals surface area contributed by atoms with Gasteiger partial charge in [0.05, 0.1) is 35.6 Å². The Morgan fingerprint density at radius 1 is 0.912 bits per heavy atom. The van der Waals surface area contributed by atoms with E-state index in [1.54, 1.807) is 12.1 Å². The van der Waals surface area contributed by atoms with Crippen molar-refractivity contribution in [3.63, 3.8) is 0 Å². The highest BCUT2D eigenvalue weighted by Gasteiger charge is 2.31. The molecule has 0 radical (unpaired) electrons. The van der Waals surface area contributed by atoms with Gasteiger partial charge in [-0.3, -0.25) is 9.59 Å². The predicted molar refractivity (Wildman–Crippen MR) is 151 cm³/mol. The SMILES string of the molecule is CC(=O)c1c(Cl)c(Cl)c(Cl)c(Cl)c1-c1c2cc(Br)c(=O)c(Br)c-2oc2c(Br)c(CO)c(Br)cc12. The molecule has 0 amide bonds. The van der Waals surface area contributed by atoms with Crippen LogP contribution in [0.15, 0.2) is 39.2 Å². The van der Waals surface area contributed by atoms with Crippen LogP contribution in [-0.4, -0.2) is 10.9 Å². The number of aliphatic hydroxyl groups excluding tert-OH is 1. The number of carbonyl (C=O) groups is 1. The van der Waals surface area contributed by atoms with E-state index in [9.17, 15) is 14.7 Å². The molecule has 0 saturated carbocycles. The van der Waals surface area contributed by atoms with Gasteiger partial charge >= 0.3 is 0 Å². The summed E-state index contributed by atoms with van der Waals surface area (Å²) in [6.45, 7) is 1.03. The van der Waals surface area contributed by atoms with Crippen molar-refractivity contribution < 1.29 is 14.3 Å². The van der Waals surface area contributed by atoms with Crippen LogP contribution >= 0.6 is 110 Å². The maximum absolute atomic E-state index is 12.8. The Kier molecular flexibility index (Phi) is 7.87. The maximum atomic E-state index is 12.8. The number of halogens is 8. The fourth-order valence-corrected chi connectivity index (χ4v) is 7.39. The third-order valence-corrected chi connectivity index (χ3v) is 9.83. The molecule has 0 aromatic heterocycles. The molecule has 0 saturated heterocycles. The molecular weight excluding hydrogens is 790 g/mol. The van der Waals surface area contributed by atoms with Gasteiger partial charge in [0.2, 0.25) is 5.43 Å². The van der Waals surface area contributed by atoms with Gasteiger partial charge in [0.25, 0.3) is 0 Å². The summed E-state index contributed by atoms with van der Waals surface area (Å²) in [4.78, 5) is 25.5. The van der Waals surface area contributed by atoms with E-state index >= 15 is 0 Å². The molecule has 0 spiro atoms. The Morgan fingerprint density at radius 2 is 1.53 bits per heavy atom. The summed E-state index contributed by atoms with van der Waals surface area (Å²) in [5, 5.41) is 10.3. The van der Waals surface area contributed by atoms with E-state index in [2.05, 4.69) is 63.7 Å². The zero-order chi connectivity index (χ0) is 25.2. The molecule has 1 heterocycles. The number of benzene rings is 3. The first-order valence-electron chi connectivity index (χ1n) is 9.15. The fraction of sp³-hybridized carbons (Fsp3) is 0.0909. The van der Waals surface area contributed by atoms with Gasteiger partial charge in [-0.2, -0.15) is 0 Å². The number of aliphatic hydroxyl groups is 1. The Labute approximate surface area is 246 Å². The first kappa shape index (κ1) is 26.9. The average molecular weight is 798 g/mol. The molecule has 0 bridgehead atoms. The molecule has 1 aliphatic heterocycles. The number of ketones is 1. The van der Waals surface area contributed by atoms with Crippen molar-refractivity contribution in [3.8, 4) is 22.5 Å². The number of rotatable bonds is 3. The number of hydrogen-bond acceptors (Lipinski definition) is 4. The monoisotopic (exact) mass is 792 g/mol. The smallest absolute Gasteiger partial charge is 0.210 e. The van der Waals surface area contributed by atoms with Gasteiger partial charge in [0, 0.05) is 37.7 Å². The van der Waals surface area contributed by atoms with Gasteiger partial charge in [0.15, 0.2) is 11.5 Å². The number of carbonyl (C=O) groups excluding carboxylic acids is 1. The van der Waals surface area contributed by atoms with Crippen LogP contribution in [0.25, 0.3) is 33.4 Å². The molecule has 2 aromatic carbocycles. The highest BCUT2D eigenvalue weighted by atomic mass is 79.9. The van der Waals surface area contributed by atoms with Gasteiger partial charge in [-0.25, -0.2) is 0 Å². The molecule has 12 heteroatoms. The molecule has 0 atom stereocenters. The Bertz CT molecular complexity index is 1580. The second-order valence-corrected chi connectivity index (χ2v) is 11.9. The molecule has 2 aliphatic rings. The minimum Gasteiger partial charge on any atom is -0.454 e. The van der Waals surface area contributed by atoms with Crippen LogP contribution in [0.3, 0.4) is 0 Å². The molecule has 176 valence electrons. The molecule has 1 N–H and O–H groups in total. The lowest BCUT2D eigenvalue weighted by Crippen LogP contribution is -2.08. The third-order valence-electron chi connectivity index (χ3n) is 5.17. The molecule has 2 aromatic rings. The third kappa shape index (κ3) is 4.11. The van der Waals surface area contributed by atoms with Crippen molar-refractivity contribution in [2.75, 3.05) is 0 Å². The summed E-state index contributed by atoms with van der Waals surface area (Å²) < 4.78 is 7.56. The summed E-state index contributed by atoms with van der Waals surface area (Å²) in [7, 11) is 0. The maximum Gasteiger partial charge on any atom is 0.210 e. The van der Waals surface area contributed by atoms with E-state index in [4.69, 9.17) is 50.8 Å². The lowest BCUT2D eigenvalue weighted by molar-refractivity contribution is 0.101. The quantitative estimate of drug-likeness (QED) is 0.0971. The first-order chi connectivity index (χ1) is 15.9. The fourth-order valence-electron chi connectivity index (χ4n) is 3.65. The minimum atomic E-state index is -0.397. The Hall–Kier alpha value is -0.160. The number of hydrogen-bond donors (Lipinski definition) is 1. The number of fused-ring (bicyclic) bond motifs is 2. The first-order valence-corrected chi connectivity index (χ1v) is 13.8. The zero-order valence-electron chi connectivity index (χ0n) is 16.6. The summed E-state index contributed by atoms with van der Waals surface area (Å²) in [6.07, 6.45) is 0. The minimum absolute atomic E-state index is 0.00647. The van der Waals surface area contributed by atoms with Crippen molar-refractivity contribution in [2.45, 2.75) is 13.5 Å². The molecule has 0 unspecified atom stereocenters. The molecule has 1 aliphatic carbocycles. The van der Waals surface area contributed by atoms with Gasteiger partial charge in [-0.05, 0) is 66.8 Å². The lowest BCUT2D eigenvalue weighted by Gasteiger charge is -2.22. The van der Waals surface area contributed by atoms with Crippen molar-refractivity contribution in [1.29, 1.82) is 0 Å². The molecular formula is C22H8Br4Cl4O4. The van der Waals surface area contributed by atoms with Gasteiger partial charge in [-0.1, -0.05) is 62.3 Å². The summed E-state index contributed by atoms with van der Waals surface area (Å²) >= 11 is 39.4. The Balaban J connectivity index is 2.42. The van der Waals surface area contributed by atoms with Gasteiger partial charge in [0.1, 0.15) is 10.1 Å². The van der Waals surface area contributed by atoms with Crippen LogP contribution in [-0.2, 0) is 6.61 Å². The van der Waals surface area contributed by atoms with Crippen LogP contribution in [0.5, 0.6) is 0 Å². The summed E-state index contributed by atoms with van der Waals surface area (Å²) in [5.41, 5.74) is 1.63. The molecule has 4 rings (SSSR count). The Morgan fingerprint density at radius 3 is 2.12 bits per heavy atom. The van der Waals surface area contributed by atoms with Crippen LogP contribution in [0.1, 0.15) is 22.8 Å². The van der Waals surface area contributed by atoms with Gasteiger partial charge < -0.3 is 9.52 Å². The zero-order valence-corrected chi connectivity index (χ0v) is 25.9. The normalized spacial score (nSPS) is 11.6. The molecule has 0 fully saturated rings. The second kappa shape index (κ2) is 9.95. The van der Waals surface area contributed by atoms with E-state index in [0.29, 0.717) is 36.6 Å². The summed E-state index contributed by atoms with van der Waals surface area (Å²) in [6, 6.07) is 3.28. The van der Waals surface area contributed by atoms with Crippen LogP contribution < -0.4 is 5.43 Å². The van der Waals surface area contributed by atoms with Crippen molar-refractivity contribution in [3.05, 3.63) is 71.5 Å². The van der Waals surface area contributed by atoms with Crippen LogP contribution in [0.4, 0.5) is 0 Å². The van der Waals surface area contributed by atoms with Crippen LogP contribution in [0, 0.1) is 0 Å². The molecule has 4 nitrogen and oxygen atoms in total. The van der Waals surface area contributed by atoms with E-state index in [1.807, 2.05) is 0 Å². The standard InChI is InChI=1S/C22H8Br4Cl4O4/c1-5(32)11-13(17(28)19(30)18(29)16(11)27)12-6-2-9(23)8(4-31)14(25)21(6)34-22-7(12)3-10(24)20(33)15(22)26/h2-3,31H,4H2,1H3. The highest BCUT2D eigenvalue weighted by molar-refractivity contribution is 9.11. The van der Waals surface area contributed by atoms with E-state index < -0.39 is 5.78 Å². The number of Topliss-reactive ketones (excluding diaryl/α,β-unsaturated/α-hetero) is 1. The molecule has 34 heavy (non-hydrogen) atoms. The van der Waals surface area contributed by atoms with Crippen molar-refractivity contribution in [2.24, 2.45) is 0 Å². The van der Waals surface area contributed by atoms with Gasteiger partial charge in [-0.15, -0.1) is 0 Å². The second-order valence-electron chi connectivity index (χ2n) is 7.10. The average Bonchev–Trinajstić information content (AvgIpc) is 2.78. The van der Waals surface area contributed by atoms with Crippen molar-refractivity contribution in [1.82, 2.24) is 0 Å². The summed E-state index contributed by atoms with van der Waals surface area (Å²) in [5.74, 6) is -0.207.